The molecule has 1 aliphatic carbocycles. The average molecular weight is 451 g/mol. The van der Waals surface area contributed by atoms with Crippen molar-refractivity contribution in [3.05, 3.63) is 60.2 Å². The summed E-state index contributed by atoms with van der Waals surface area (Å²) in [5, 5.41) is 0. The van der Waals surface area contributed by atoms with Gasteiger partial charge in [-0.25, -0.2) is 0 Å². The highest BCUT2D eigenvalue weighted by molar-refractivity contribution is 5.98. The SMILES string of the molecule is CC(C)[C@@H]1CC[C@@H](C)C[C@H]1OC(=O)CCC(=O)OCC(=O)c1ccc(-c2ccccc2)cc1. The van der Waals surface area contributed by atoms with Crippen LogP contribution in [-0.2, 0) is 19.1 Å². The Morgan fingerprint density at radius 1 is 0.879 bits per heavy atom. The molecule has 0 aliphatic heterocycles. The van der Waals surface area contributed by atoms with Crippen molar-refractivity contribution >= 4 is 17.7 Å². The zero-order valence-corrected chi connectivity index (χ0v) is 19.8. The van der Waals surface area contributed by atoms with Gasteiger partial charge in [-0.15, -0.1) is 0 Å². The first kappa shape index (κ1) is 24.7. The third kappa shape index (κ3) is 7.28. The maximum Gasteiger partial charge on any atom is 0.306 e. The van der Waals surface area contributed by atoms with Gasteiger partial charge in [0.2, 0.25) is 0 Å². The first-order valence-electron chi connectivity index (χ1n) is 11.9. The lowest BCUT2D eigenvalue weighted by Gasteiger charge is -2.36. The highest BCUT2D eigenvalue weighted by Crippen LogP contribution is 2.35. The van der Waals surface area contributed by atoms with Crippen LogP contribution < -0.4 is 0 Å². The summed E-state index contributed by atoms with van der Waals surface area (Å²) < 4.78 is 10.8. The number of hydrogen-bond donors (Lipinski definition) is 0. The van der Waals surface area contributed by atoms with Crippen molar-refractivity contribution < 1.29 is 23.9 Å². The average Bonchev–Trinajstić information content (AvgIpc) is 2.81. The van der Waals surface area contributed by atoms with Crippen molar-refractivity contribution in [2.75, 3.05) is 6.61 Å². The van der Waals surface area contributed by atoms with Gasteiger partial charge >= 0.3 is 11.9 Å². The lowest BCUT2D eigenvalue weighted by molar-refractivity contribution is -0.158. The standard InChI is InChI=1S/C28H34O5/c1-19(2)24-14-9-20(3)17-26(24)33-28(31)16-15-27(30)32-18-25(29)23-12-10-22(11-13-23)21-7-5-4-6-8-21/h4-8,10-13,19-20,24,26H,9,14-18H2,1-3H3/t20-,24+,26-/m1/s1. The fourth-order valence-electron chi connectivity index (χ4n) is 4.46. The lowest BCUT2D eigenvalue weighted by atomic mass is 9.75. The van der Waals surface area contributed by atoms with E-state index in [4.69, 9.17) is 9.47 Å². The van der Waals surface area contributed by atoms with Gasteiger partial charge in [-0.1, -0.05) is 81.8 Å². The van der Waals surface area contributed by atoms with E-state index < -0.39 is 5.97 Å². The van der Waals surface area contributed by atoms with Crippen LogP contribution in [0.5, 0.6) is 0 Å². The molecule has 2 aromatic carbocycles. The van der Waals surface area contributed by atoms with Crippen molar-refractivity contribution in [3.63, 3.8) is 0 Å². The van der Waals surface area contributed by atoms with Gasteiger partial charge in [0.15, 0.2) is 12.4 Å². The van der Waals surface area contributed by atoms with Crippen molar-refractivity contribution in [3.8, 4) is 11.1 Å². The second kappa shape index (κ2) is 11.8. The maximum absolute atomic E-state index is 12.4. The molecule has 176 valence electrons. The van der Waals surface area contributed by atoms with E-state index in [2.05, 4.69) is 20.8 Å². The van der Waals surface area contributed by atoms with Crippen LogP contribution in [-0.4, -0.2) is 30.4 Å². The summed E-state index contributed by atoms with van der Waals surface area (Å²) in [7, 11) is 0. The Balaban J connectivity index is 1.41. The number of hydrogen-bond acceptors (Lipinski definition) is 5. The molecule has 0 radical (unpaired) electrons. The minimum atomic E-state index is -0.571. The van der Waals surface area contributed by atoms with Crippen LogP contribution in [0.1, 0.15) is 63.2 Å². The first-order valence-corrected chi connectivity index (χ1v) is 11.9. The molecule has 3 atom stereocenters. The summed E-state index contributed by atoms with van der Waals surface area (Å²) in [5.74, 6) is 0.131. The highest BCUT2D eigenvalue weighted by Gasteiger charge is 2.33. The summed E-state index contributed by atoms with van der Waals surface area (Å²) in [5.41, 5.74) is 2.56. The van der Waals surface area contributed by atoms with Crippen LogP contribution >= 0.6 is 0 Å². The number of rotatable bonds is 9. The van der Waals surface area contributed by atoms with E-state index in [0.29, 0.717) is 23.3 Å². The third-order valence-electron chi connectivity index (χ3n) is 6.46. The molecule has 0 aromatic heterocycles. The monoisotopic (exact) mass is 450 g/mol. The van der Waals surface area contributed by atoms with Crippen molar-refractivity contribution in [2.45, 2.75) is 59.0 Å². The quantitative estimate of drug-likeness (QED) is 0.353. The van der Waals surface area contributed by atoms with E-state index in [0.717, 1.165) is 30.4 Å². The zero-order chi connectivity index (χ0) is 23.8. The highest BCUT2D eigenvalue weighted by atomic mass is 16.5. The molecule has 0 bridgehead atoms. The normalized spacial score (nSPS) is 20.3. The van der Waals surface area contributed by atoms with Gasteiger partial charge in [0.1, 0.15) is 6.10 Å². The van der Waals surface area contributed by atoms with Crippen LogP contribution in [0.25, 0.3) is 11.1 Å². The first-order chi connectivity index (χ1) is 15.8. The molecule has 0 heterocycles. The van der Waals surface area contributed by atoms with E-state index in [-0.39, 0.29) is 37.3 Å². The molecule has 1 fully saturated rings. The zero-order valence-electron chi connectivity index (χ0n) is 19.8. The van der Waals surface area contributed by atoms with E-state index in [1.807, 2.05) is 42.5 Å². The number of esters is 2. The summed E-state index contributed by atoms with van der Waals surface area (Å²) >= 11 is 0. The van der Waals surface area contributed by atoms with Gasteiger partial charge in [0.25, 0.3) is 0 Å². The van der Waals surface area contributed by atoms with Crippen LogP contribution in [0.2, 0.25) is 0 Å². The Morgan fingerprint density at radius 2 is 1.52 bits per heavy atom. The predicted molar refractivity (Wildman–Crippen MR) is 128 cm³/mol. The Bertz CT molecular complexity index is 933. The van der Waals surface area contributed by atoms with E-state index in [1.165, 1.54) is 0 Å². The number of ether oxygens (including phenoxy) is 2. The second-order valence-corrected chi connectivity index (χ2v) is 9.38. The van der Waals surface area contributed by atoms with Crippen LogP contribution in [0.3, 0.4) is 0 Å². The molecule has 3 rings (SSSR count). The molecule has 33 heavy (non-hydrogen) atoms. The Hall–Kier alpha value is -2.95. The maximum atomic E-state index is 12.4. The van der Waals surface area contributed by atoms with Gasteiger partial charge in [0.05, 0.1) is 12.8 Å². The Morgan fingerprint density at radius 3 is 2.18 bits per heavy atom. The van der Waals surface area contributed by atoms with Crippen LogP contribution in [0.15, 0.2) is 54.6 Å². The van der Waals surface area contributed by atoms with Crippen molar-refractivity contribution in [1.82, 2.24) is 0 Å². The molecule has 5 nitrogen and oxygen atoms in total. The molecule has 2 aromatic rings. The van der Waals surface area contributed by atoms with E-state index >= 15 is 0 Å². The fraction of sp³-hybridized carbons (Fsp3) is 0.464. The number of benzene rings is 2. The minimum absolute atomic E-state index is 0.0332. The number of ketones is 1. The molecule has 0 spiro atoms. The van der Waals surface area contributed by atoms with E-state index in [1.54, 1.807) is 12.1 Å². The van der Waals surface area contributed by atoms with Gasteiger partial charge in [-0.2, -0.15) is 0 Å². The summed E-state index contributed by atoms with van der Waals surface area (Å²) in [6.07, 6.45) is 2.89. The van der Waals surface area contributed by atoms with Gasteiger partial charge in [-0.3, -0.25) is 14.4 Å². The van der Waals surface area contributed by atoms with Crippen molar-refractivity contribution in [2.24, 2.45) is 17.8 Å². The topological polar surface area (TPSA) is 69.7 Å². The molecule has 5 heteroatoms. The van der Waals surface area contributed by atoms with Crippen LogP contribution in [0, 0.1) is 17.8 Å². The molecule has 0 amide bonds. The largest absolute Gasteiger partial charge is 0.462 e. The molecular formula is C28H34O5. The van der Waals surface area contributed by atoms with Crippen molar-refractivity contribution in [1.29, 1.82) is 0 Å². The Kier molecular flexibility index (Phi) is 8.81. The molecule has 1 aliphatic rings. The van der Waals surface area contributed by atoms with Gasteiger partial charge in [-0.05, 0) is 41.7 Å². The molecular weight excluding hydrogens is 416 g/mol. The molecule has 0 N–H and O–H groups in total. The summed E-state index contributed by atoms with van der Waals surface area (Å²) in [6, 6.07) is 17.1. The number of Topliss-reactive ketones (excluding diaryl/α,β-unsaturated/α-hetero) is 1. The smallest absolute Gasteiger partial charge is 0.306 e. The number of carbonyl (C=O) groups excluding carboxylic acids is 3. The van der Waals surface area contributed by atoms with Crippen LogP contribution in [0.4, 0.5) is 0 Å². The minimum Gasteiger partial charge on any atom is -0.462 e. The summed E-state index contributed by atoms with van der Waals surface area (Å²) in [6.45, 7) is 6.16. The summed E-state index contributed by atoms with van der Waals surface area (Å²) in [4.78, 5) is 36.7. The second-order valence-electron chi connectivity index (χ2n) is 9.38. The number of carbonyl (C=O) groups is 3. The third-order valence-corrected chi connectivity index (χ3v) is 6.46. The van der Waals surface area contributed by atoms with Gasteiger partial charge < -0.3 is 9.47 Å². The Labute approximate surface area is 196 Å². The molecule has 0 saturated heterocycles. The predicted octanol–water partition coefficient (Wildman–Crippen LogP) is 5.86. The van der Waals surface area contributed by atoms with Gasteiger partial charge in [0, 0.05) is 5.56 Å². The molecule has 0 unspecified atom stereocenters. The lowest BCUT2D eigenvalue weighted by Crippen LogP contribution is -2.36. The molecule has 1 saturated carbocycles. The van der Waals surface area contributed by atoms with E-state index in [9.17, 15) is 14.4 Å². The fourth-order valence-corrected chi connectivity index (χ4v) is 4.46.